The zero-order valence-corrected chi connectivity index (χ0v) is 19.5. The van der Waals surface area contributed by atoms with Crippen LogP contribution in [0, 0.1) is 5.92 Å². The molecule has 2 fully saturated rings. The molecule has 4 rings (SSSR count). The van der Waals surface area contributed by atoms with Crippen molar-refractivity contribution in [3.8, 4) is 0 Å². The van der Waals surface area contributed by atoms with E-state index in [1.807, 2.05) is 18.2 Å². The number of rotatable bonds is 9. The predicted molar refractivity (Wildman–Crippen MR) is 129 cm³/mol. The molecular weight excluding hydrogens is 396 g/mol. The molecule has 32 heavy (non-hydrogen) atoms. The van der Waals surface area contributed by atoms with E-state index in [0.717, 1.165) is 57.3 Å². The van der Waals surface area contributed by atoms with E-state index < -0.39 is 5.60 Å². The van der Waals surface area contributed by atoms with Crippen LogP contribution in [-0.4, -0.2) is 36.5 Å². The van der Waals surface area contributed by atoms with E-state index in [-0.39, 0.29) is 17.9 Å². The molecule has 2 aromatic carbocycles. The van der Waals surface area contributed by atoms with Crippen LogP contribution in [0.4, 0.5) is 0 Å². The second kappa shape index (κ2) is 11.1. The maximum Gasteiger partial charge on any atom is 0.257 e. The average Bonchev–Trinajstić information content (AvgIpc) is 3.38. The molecule has 0 radical (unpaired) electrons. The number of nitrogens with one attached hydrogen (secondary N) is 1. The van der Waals surface area contributed by atoms with Crippen LogP contribution in [0.25, 0.3) is 0 Å². The first kappa shape index (κ1) is 23.0. The fourth-order valence-electron chi connectivity index (χ4n) is 5.47. The Hall–Kier alpha value is -2.17. The number of benzene rings is 2. The lowest BCUT2D eigenvalue weighted by Crippen LogP contribution is -2.55. The lowest BCUT2D eigenvalue weighted by molar-refractivity contribution is -0.160. The SMILES string of the molecule is CCCOC(C(=O)NC1CCN(Cc2ccccc2)CC1)(c1ccccc1)C1CCCC1. The third kappa shape index (κ3) is 5.24. The minimum absolute atomic E-state index is 0.0746. The smallest absolute Gasteiger partial charge is 0.257 e. The van der Waals surface area contributed by atoms with Crippen molar-refractivity contribution in [2.45, 2.75) is 70.1 Å². The number of nitrogens with zero attached hydrogens (tertiary/aromatic N) is 1. The molecule has 0 aromatic heterocycles. The minimum atomic E-state index is -0.866. The molecule has 4 nitrogen and oxygen atoms in total. The lowest BCUT2D eigenvalue weighted by atomic mass is 9.78. The molecule has 1 aliphatic carbocycles. The topological polar surface area (TPSA) is 41.6 Å². The van der Waals surface area contributed by atoms with E-state index >= 15 is 0 Å². The molecule has 1 aliphatic heterocycles. The largest absolute Gasteiger partial charge is 0.360 e. The van der Waals surface area contributed by atoms with E-state index in [1.165, 1.54) is 18.4 Å². The zero-order chi connectivity index (χ0) is 22.2. The normalized spacial score (nSPS) is 20.2. The number of carbonyl (C=O) groups excluding carboxylic acids is 1. The molecule has 172 valence electrons. The monoisotopic (exact) mass is 434 g/mol. The van der Waals surface area contributed by atoms with Crippen molar-refractivity contribution in [2.75, 3.05) is 19.7 Å². The summed E-state index contributed by atoms with van der Waals surface area (Å²) in [5.41, 5.74) is 1.50. The van der Waals surface area contributed by atoms with Gasteiger partial charge >= 0.3 is 0 Å². The second-order valence-corrected chi connectivity index (χ2v) is 9.44. The minimum Gasteiger partial charge on any atom is -0.360 e. The Bertz CT molecular complexity index is 827. The van der Waals surface area contributed by atoms with Crippen molar-refractivity contribution in [1.29, 1.82) is 0 Å². The van der Waals surface area contributed by atoms with Crippen LogP contribution in [0.1, 0.15) is 63.0 Å². The van der Waals surface area contributed by atoms with E-state index in [0.29, 0.717) is 6.61 Å². The van der Waals surface area contributed by atoms with Crippen LogP contribution in [0.15, 0.2) is 60.7 Å². The summed E-state index contributed by atoms with van der Waals surface area (Å²) in [4.78, 5) is 16.4. The molecule has 4 heteroatoms. The van der Waals surface area contributed by atoms with Crippen LogP contribution >= 0.6 is 0 Å². The molecule has 0 spiro atoms. The maximum absolute atomic E-state index is 13.9. The van der Waals surface area contributed by atoms with Crippen molar-refractivity contribution in [3.63, 3.8) is 0 Å². The zero-order valence-electron chi connectivity index (χ0n) is 19.5. The number of hydrogen-bond donors (Lipinski definition) is 1. The van der Waals surface area contributed by atoms with Gasteiger partial charge in [-0.3, -0.25) is 9.69 Å². The van der Waals surface area contributed by atoms with Gasteiger partial charge < -0.3 is 10.1 Å². The highest BCUT2D eigenvalue weighted by Gasteiger charge is 2.49. The molecular formula is C28H38N2O2. The summed E-state index contributed by atoms with van der Waals surface area (Å²) in [6.45, 7) is 5.73. The standard InChI is InChI=1S/C28H38N2O2/c1-2-21-32-28(25-15-9-10-16-25,24-13-7-4-8-14-24)27(31)29-26-17-19-30(20-18-26)22-23-11-5-3-6-12-23/h3-8,11-14,25-26H,2,9-10,15-22H2,1H3,(H,29,31). The number of ether oxygens (including phenoxy) is 1. The Kier molecular flexibility index (Phi) is 7.99. The quantitative estimate of drug-likeness (QED) is 0.584. The molecule has 1 atom stereocenters. The third-order valence-electron chi connectivity index (χ3n) is 7.18. The number of carbonyl (C=O) groups is 1. The first-order valence-electron chi connectivity index (χ1n) is 12.5. The van der Waals surface area contributed by atoms with Crippen molar-refractivity contribution < 1.29 is 9.53 Å². The van der Waals surface area contributed by atoms with Crippen LogP contribution in [0.5, 0.6) is 0 Å². The van der Waals surface area contributed by atoms with Gasteiger partial charge in [0.2, 0.25) is 0 Å². The van der Waals surface area contributed by atoms with Crippen molar-refractivity contribution in [3.05, 3.63) is 71.8 Å². The second-order valence-electron chi connectivity index (χ2n) is 9.44. The van der Waals surface area contributed by atoms with Crippen LogP contribution in [0.3, 0.4) is 0 Å². The summed E-state index contributed by atoms with van der Waals surface area (Å²) in [5, 5.41) is 3.44. The fourth-order valence-corrected chi connectivity index (χ4v) is 5.47. The summed E-state index contributed by atoms with van der Waals surface area (Å²) < 4.78 is 6.53. The van der Waals surface area contributed by atoms with E-state index in [4.69, 9.17) is 4.74 Å². The molecule has 2 aromatic rings. The number of piperidine rings is 1. The van der Waals surface area contributed by atoms with Gasteiger partial charge in [-0.05, 0) is 43.2 Å². The van der Waals surface area contributed by atoms with Crippen LogP contribution in [0.2, 0.25) is 0 Å². The molecule has 1 N–H and O–H groups in total. The Labute approximate surface area is 193 Å². The summed E-state index contributed by atoms with van der Waals surface area (Å²) in [5.74, 6) is 0.320. The van der Waals surface area contributed by atoms with Crippen molar-refractivity contribution in [2.24, 2.45) is 5.92 Å². The van der Waals surface area contributed by atoms with Gasteiger partial charge in [0.1, 0.15) is 0 Å². The molecule has 1 amide bonds. The highest BCUT2D eigenvalue weighted by Crippen LogP contribution is 2.44. The van der Waals surface area contributed by atoms with Crippen molar-refractivity contribution in [1.82, 2.24) is 10.2 Å². The van der Waals surface area contributed by atoms with E-state index in [1.54, 1.807) is 0 Å². The van der Waals surface area contributed by atoms with E-state index in [2.05, 4.69) is 59.6 Å². The Morgan fingerprint density at radius 2 is 1.59 bits per heavy atom. The number of likely N-dealkylation sites (tertiary alicyclic amines) is 1. The highest BCUT2D eigenvalue weighted by atomic mass is 16.5. The molecule has 1 saturated carbocycles. The predicted octanol–water partition coefficient (Wildman–Crippen LogP) is 5.28. The third-order valence-corrected chi connectivity index (χ3v) is 7.18. The van der Waals surface area contributed by atoms with Gasteiger partial charge in [-0.25, -0.2) is 0 Å². The van der Waals surface area contributed by atoms with Crippen molar-refractivity contribution >= 4 is 5.91 Å². The van der Waals surface area contributed by atoms with Gasteiger partial charge in [0.05, 0.1) is 0 Å². The Morgan fingerprint density at radius 1 is 0.969 bits per heavy atom. The van der Waals surface area contributed by atoms with Crippen LogP contribution < -0.4 is 5.32 Å². The number of hydrogen-bond acceptors (Lipinski definition) is 3. The molecule has 2 aliphatic rings. The van der Waals surface area contributed by atoms with E-state index in [9.17, 15) is 4.79 Å². The summed E-state index contributed by atoms with van der Waals surface area (Å²) in [7, 11) is 0. The van der Waals surface area contributed by atoms with Gasteiger partial charge in [-0.15, -0.1) is 0 Å². The summed E-state index contributed by atoms with van der Waals surface area (Å²) in [6.07, 6.45) is 7.36. The Morgan fingerprint density at radius 3 is 2.22 bits per heavy atom. The molecule has 0 bridgehead atoms. The molecule has 1 unspecified atom stereocenters. The maximum atomic E-state index is 13.9. The van der Waals surface area contributed by atoms with Gasteiger partial charge in [-0.2, -0.15) is 0 Å². The van der Waals surface area contributed by atoms with Gasteiger partial charge in [0.15, 0.2) is 5.60 Å². The first-order chi connectivity index (χ1) is 15.7. The summed E-state index contributed by atoms with van der Waals surface area (Å²) >= 11 is 0. The molecule has 1 heterocycles. The van der Waals surface area contributed by atoms with Gasteiger partial charge in [-0.1, -0.05) is 80.4 Å². The van der Waals surface area contributed by atoms with Gasteiger partial charge in [0, 0.05) is 38.2 Å². The average molecular weight is 435 g/mol. The summed E-state index contributed by atoms with van der Waals surface area (Å²) in [6, 6.07) is 21.1. The van der Waals surface area contributed by atoms with Gasteiger partial charge in [0.25, 0.3) is 5.91 Å². The number of amides is 1. The highest BCUT2D eigenvalue weighted by molar-refractivity contribution is 5.87. The molecule has 1 saturated heterocycles. The van der Waals surface area contributed by atoms with Crippen LogP contribution in [-0.2, 0) is 21.7 Å². The Balaban J connectivity index is 1.45. The fraction of sp³-hybridized carbons (Fsp3) is 0.536. The first-order valence-corrected chi connectivity index (χ1v) is 12.5. The lowest BCUT2D eigenvalue weighted by Gasteiger charge is -2.40.